The summed E-state index contributed by atoms with van der Waals surface area (Å²) in [6, 6.07) is 16.3. The van der Waals surface area contributed by atoms with Crippen molar-refractivity contribution in [3.63, 3.8) is 0 Å². The van der Waals surface area contributed by atoms with E-state index in [0.29, 0.717) is 12.8 Å². The maximum atomic E-state index is 12.0. The summed E-state index contributed by atoms with van der Waals surface area (Å²) in [5.74, 6) is -0.156. The number of anilines is 2. The first-order chi connectivity index (χ1) is 19.0. The molecule has 0 aliphatic rings. The molecular formula is C31H46N6O2. The summed E-state index contributed by atoms with van der Waals surface area (Å²) in [7, 11) is 0. The summed E-state index contributed by atoms with van der Waals surface area (Å²) < 4.78 is 0. The topological polar surface area (TPSA) is 89.4 Å². The van der Waals surface area contributed by atoms with Crippen molar-refractivity contribution in [2.24, 2.45) is 10.2 Å². The van der Waals surface area contributed by atoms with Crippen molar-refractivity contribution in [2.75, 3.05) is 36.0 Å². The number of carbonyl (C=O) groups is 2. The summed E-state index contributed by atoms with van der Waals surface area (Å²) in [4.78, 5) is 28.6. The van der Waals surface area contributed by atoms with Gasteiger partial charge in [-0.15, -0.1) is 0 Å². The molecule has 0 saturated heterocycles. The van der Waals surface area contributed by atoms with E-state index in [0.717, 1.165) is 69.4 Å². The van der Waals surface area contributed by atoms with Crippen molar-refractivity contribution < 1.29 is 9.59 Å². The van der Waals surface area contributed by atoms with Gasteiger partial charge in [0.2, 0.25) is 11.8 Å². The highest BCUT2D eigenvalue weighted by Crippen LogP contribution is 2.15. The maximum Gasteiger partial charge on any atom is 0.240 e. The quantitative estimate of drug-likeness (QED) is 0.146. The van der Waals surface area contributed by atoms with Gasteiger partial charge < -0.3 is 9.80 Å². The largest absolute Gasteiger partial charge is 0.372 e. The van der Waals surface area contributed by atoms with E-state index in [-0.39, 0.29) is 11.8 Å². The fourth-order valence-electron chi connectivity index (χ4n) is 4.29. The third-order valence-corrected chi connectivity index (χ3v) is 6.66. The minimum Gasteiger partial charge on any atom is -0.372 e. The van der Waals surface area contributed by atoms with Gasteiger partial charge in [0, 0.05) is 50.4 Å². The van der Waals surface area contributed by atoms with E-state index >= 15 is 0 Å². The van der Waals surface area contributed by atoms with Crippen LogP contribution in [0.2, 0.25) is 0 Å². The van der Waals surface area contributed by atoms with E-state index in [4.69, 9.17) is 0 Å². The van der Waals surface area contributed by atoms with Gasteiger partial charge >= 0.3 is 0 Å². The van der Waals surface area contributed by atoms with Crippen LogP contribution in [0.1, 0.15) is 83.8 Å². The van der Waals surface area contributed by atoms with Gasteiger partial charge in [-0.3, -0.25) is 9.59 Å². The summed E-state index contributed by atoms with van der Waals surface area (Å²) in [5.41, 5.74) is 9.47. The predicted octanol–water partition coefficient (Wildman–Crippen LogP) is 5.71. The Morgan fingerprint density at radius 1 is 0.590 bits per heavy atom. The molecule has 0 aliphatic heterocycles. The van der Waals surface area contributed by atoms with Crippen LogP contribution in [0.25, 0.3) is 0 Å². The highest BCUT2D eigenvalue weighted by atomic mass is 16.2. The minimum absolute atomic E-state index is 0.0778. The molecule has 0 fully saturated rings. The fourth-order valence-corrected chi connectivity index (χ4v) is 4.29. The summed E-state index contributed by atoms with van der Waals surface area (Å²) in [6.45, 7) is 12.4. The zero-order chi connectivity index (χ0) is 28.3. The maximum absolute atomic E-state index is 12.0. The van der Waals surface area contributed by atoms with Crippen LogP contribution in [0, 0.1) is 0 Å². The molecule has 0 radical (unpaired) electrons. The Balaban J connectivity index is 1.52. The third kappa shape index (κ3) is 12.1. The van der Waals surface area contributed by atoms with Crippen LogP contribution in [0.4, 0.5) is 11.4 Å². The monoisotopic (exact) mass is 534 g/mol. The number of benzene rings is 2. The highest BCUT2D eigenvalue weighted by molar-refractivity contribution is 5.83. The number of carbonyl (C=O) groups excluding carboxylic acids is 2. The standard InChI is InChI=1S/C31H46N6O2/c1-5-36(6-2)28-20-16-26(17-21-28)24-32-34-30(38)14-12-10-9-11-13-15-31(39)35-33-25-27-18-22-29(23-19-27)37(7-3)8-4/h16-25H,5-15H2,1-4H3,(H,34,38)(H,35,39). The number of hydrogen-bond donors (Lipinski definition) is 2. The van der Waals surface area contributed by atoms with Gasteiger partial charge in [0.1, 0.15) is 0 Å². The zero-order valence-corrected chi connectivity index (χ0v) is 24.2. The Hall–Kier alpha value is -3.68. The van der Waals surface area contributed by atoms with Crippen LogP contribution in [0.3, 0.4) is 0 Å². The van der Waals surface area contributed by atoms with Crippen LogP contribution < -0.4 is 20.7 Å². The second-order valence-corrected chi connectivity index (χ2v) is 9.38. The van der Waals surface area contributed by atoms with Crippen molar-refractivity contribution >= 4 is 35.6 Å². The number of hydrazone groups is 2. The van der Waals surface area contributed by atoms with Crippen LogP contribution >= 0.6 is 0 Å². The molecule has 2 amide bonds. The van der Waals surface area contributed by atoms with Crippen molar-refractivity contribution in [1.29, 1.82) is 0 Å². The summed E-state index contributed by atoms with van der Waals surface area (Å²) in [5, 5.41) is 8.14. The van der Waals surface area contributed by atoms with Gasteiger partial charge in [-0.05, 0) is 75.9 Å². The Morgan fingerprint density at radius 3 is 1.26 bits per heavy atom. The normalized spacial score (nSPS) is 11.2. The number of hydrogen-bond acceptors (Lipinski definition) is 6. The van der Waals surface area contributed by atoms with Gasteiger partial charge in [-0.25, -0.2) is 10.9 Å². The third-order valence-electron chi connectivity index (χ3n) is 6.66. The molecule has 39 heavy (non-hydrogen) atoms. The molecule has 0 spiro atoms. The molecule has 8 heteroatoms. The predicted molar refractivity (Wildman–Crippen MR) is 164 cm³/mol. The smallest absolute Gasteiger partial charge is 0.240 e. The average Bonchev–Trinajstić information content (AvgIpc) is 2.95. The minimum atomic E-state index is -0.0778. The first-order valence-corrected chi connectivity index (χ1v) is 14.3. The molecule has 0 heterocycles. The Bertz CT molecular complexity index is 943. The van der Waals surface area contributed by atoms with Crippen LogP contribution in [-0.4, -0.2) is 50.4 Å². The molecule has 0 atom stereocenters. The zero-order valence-electron chi connectivity index (χ0n) is 24.2. The Kier molecular flexibility index (Phi) is 15.0. The lowest BCUT2D eigenvalue weighted by Crippen LogP contribution is -2.21. The Morgan fingerprint density at radius 2 is 0.923 bits per heavy atom. The lowest BCUT2D eigenvalue weighted by atomic mass is 10.1. The molecule has 8 nitrogen and oxygen atoms in total. The molecular weight excluding hydrogens is 488 g/mol. The van der Waals surface area contributed by atoms with Crippen molar-refractivity contribution in [2.45, 2.75) is 72.6 Å². The van der Waals surface area contributed by atoms with Crippen molar-refractivity contribution in [1.82, 2.24) is 10.9 Å². The number of rotatable bonds is 18. The summed E-state index contributed by atoms with van der Waals surface area (Å²) >= 11 is 0. The first-order valence-electron chi connectivity index (χ1n) is 14.3. The van der Waals surface area contributed by atoms with E-state index in [1.165, 1.54) is 11.4 Å². The number of nitrogens with one attached hydrogen (secondary N) is 2. The molecule has 0 saturated carbocycles. The highest BCUT2D eigenvalue weighted by Gasteiger charge is 2.04. The molecule has 2 N–H and O–H groups in total. The second kappa shape index (κ2) is 18.6. The lowest BCUT2D eigenvalue weighted by molar-refractivity contribution is -0.121. The molecule has 212 valence electrons. The van der Waals surface area contributed by atoms with Gasteiger partial charge in [-0.1, -0.05) is 43.5 Å². The van der Waals surface area contributed by atoms with Gasteiger partial charge in [-0.2, -0.15) is 10.2 Å². The van der Waals surface area contributed by atoms with E-state index in [1.807, 2.05) is 24.3 Å². The Labute approximate surface area is 234 Å². The van der Waals surface area contributed by atoms with Crippen molar-refractivity contribution in [3.05, 3.63) is 59.7 Å². The molecule has 2 aromatic carbocycles. The molecule has 0 aliphatic carbocycles. The average molecular weight is 535 g/mol. The molecule has 2 rings (SSSR count). The van der Waals surface area contributed by atoms with Gasteiger partial charge in [0.15, 0.2) is 0 Å². The molecule has 0 unspecified atom stereocenters. The molecule has 2 aromatic rings. The van der Waals surface area contributed by atoms with Crippen LogP contribution in [0.5, 0.6) is 0 Å². The van der Waals surface area contributed by atoms with E-state index in [1.54, 1.807) is 12.4 Å². The van der Waals surface area contributed by atoms with E-state index in [9.17, 15) is 9.59 Å². The van der Waals surface area contributed by atoms with E-state index < -0.39 is 0 Å². The first kappa shape index (κ1) is 31.5. The van der Waals surface area contributed by atoms with Crippen LogP contribution in [0.15, 0.2) is 58.7 Å². The SMILES string of the molecule is CCN(CC)c1ccc(C=NNC(=O)CCCCCCCC(=O)NN=Cc2ccc(N(CC)CC)cc2)cc1. The second-order valence-electron chi connectivity index (χ2n) is 9.38. The van der Waals surface area contributed by atoms with E-state index in [2.05, 4.69) is 82.8 Å². The number of unbranched alkanes of at least 4 members (excludes halogenated alkanes) is 4. The molecule has 0 aromatic heterocycles. The lowest BCUT2D eigenvalue weighted by Gasteiger charge is -2.20. The van der Waals surface area contributed by atoms with Gasteiger partial charge in [0.05, 0.1) is 12.4 Å². The fraction of sp³-hybridized carbons (Fsp3) is 0.484. The molecule has 0 bridgehead atoms. The summed E-state index contributed by atoms with van der Waals surface area (Å²) in [6.07, 6.45) is 8.75. The number of amides is 2. The van der Waals surface area contributed by atoms with Gasteiger partial charge in [0.25, 0.3) is 0 Å². The van der Waals surface area contributed by atoms with Crippen LogP contribution in [-0.2, 0) is 9.59 Å². The van der Waals surface area contributed by atoms with Crippen molar-refractivity contribution in [3.8, 4) is 0 Å². The number of nitrogens with zero attached hydrogens (tertiary/aromatic N) is 4.